The number of thiocarbonyl (C=S) groups is 1. The highest BCUT2D eigenvalue weighted by Crippen LogP contribution is 2.32. The third-order valence-electron chi connectivity index (χ3n) is 5.51. The van der Waals surface area contributed by atoms with Gasteiger partial charge < -0.3 is 15.5 Å². The highest BCUT2D eigenvalue weighted by molar-refractivity contribution is 7.92. The van der Waals surface area contributed by atoms with E-state index in [4.69, 9.17) is 23.8 Å². The van der Waals surface area contributed by atoms with Crippen LogP contribution in [0.4, 0.5) is 22.7 Å². The molecule has 2 heterocycles. The molecule has 3 N–H and O–H groups in total. The fourth-order valence-corrected chi connectivity index (χ4v) is 5.41. The number of pyridine rings is 1. The maximum Gasteiger partial charge on any atom is 0.262 e. The van der Waals surface area contributed by atoms with Crippen LogP contribution in [0.15, 0.2) is 71.9 Å². The molecule has 34 heavy (non-hydrogen) atoms. The average molecular weight is 516 g/mol. The normalized spacial score (nSPS) is 14.2. The van der Waals surface area contributed by atoms with Crippen LogP contribution >= 0.6 is 23.8 Å². The van der Waals surface area contributed by atoms with Crippen molar-refractivity contribution in [2.75, 3.05) is 33.3 Å². The van der Waals surface area contributed by atoms with Crippen molar-refractivity contribution in [3.8, 4) is 0 Å². The summed E-state index contributed by atoms with van der Waals surface area (Å²) < 4.78 is 28.9. The van der Waals surface area contributed by atoms with Crippen LogP contribution in [0.25, 0.3) is 0 Å². The van der Waals surface area contributed by atoms with Crippen molar-refractivity contribution >= 4 is 61.7 Å². The molecular weight excluding hydrogens is 490 g/mol. The SMILES string of the molecule is O=S(=O)(Nc1ccccc1Cl)c1ccc(N2CCCCCC2)c(NC(=S)Nc2cccnc2)c1. The summed E-state index contributed by atoms with van der Waals surface area (Å²) in [6.45, 7) is 1.81. The lowest BCUT2D eigenvalue weighted by Crippen LogP contribution is -2.27. The molecule has 10 heteroatoms. The second kappa shape index (κ2) is 11.0. The molecule has 0 radical (unpaired) electrons. The lowest BCUT2D eigenvalue weighted by Gasteiger charge is -2.26. The Morgan fingerprint density at radius 2 is 1.71 bits per heavy atom. The Labute approximate surface area is 210 Å². The smallest absolute Gasteiger partial charge is 0.262 e. The summed E-state index contributed by atoms with van der Waals surface area (Å²) in [5.41, 5.74) is 2.59. The van der Waals surface area contributed by atoms with Gasteiger partial charge in [0.05, 0.1) is 38.9 Å². The second-order valence-corrected chi connectivity index (χ2v) is 10.5. The summed E-state index contributed by atoms with van der Waals surface area (Å²) in [6.07, 6.45) is 7.90. The van der Waals surface area contributed by atoms with Crippen LogP contribution in [-0.4, -0.2) is 31.6 Å². The van der Waals surface area contributed by atoms with Crippen molar-refractivity contribution < 1.29 is 8.42 Å². The maximum atomic E-state index is 13.2. The first-order valence-electron chi connectivity index (χ1n) is 11.1. The summed E-state index contributed by atoms with van der Waals surface area (Å²) in [5.74, 6) is 0. The van der Waals surface area contributed by atoms with Gasteiger partial charge >= 0.3 is 0 Å². The number of nitrogens with one attached hydrogen (secondary N) is 3. The minimum absolute atomic E-state index is 0.109. The first kappa shape index (κ1) is 24.3. The standard InChI is InChI=1S/C24H26ClN5O2S2/c25-20-9-3-4-10-21(20)29-34(31,32)19-11-12-23(30-14-5-1-2-6-15-30)22(16-19)28-24(33)27-18-8-7-13-26-17-18/h3-4,7-13,16-17,29H,1-2,5-6,14-15H2,(H2,27,28,33). The Morgan fingerprint density at radius 1 is 0.941 bits per heavy atom. The minimum atomic E-state index is -3.87. The van der Waals surface area contributed by atoms with Gasteiger partial charge in [-0.1, -0.05) is 36.6 Å². The zero-order valence-corrected chi connectivity index (χ0v) is 20.9. The topological polar surface area (TPSA) is 86.4 Å². The third-order valence-corrected chi connectivity index (χ3v) is 7.41. The molecule has 1 aliphatic rings. The van der Waals surface area contributed by atoms with Gasteiger partial charge in [0, 0.05) is 19.3 Å². The van der Waals surface area contributed by atoms with Crippen LogP contribution < -0.4 is 20.3 Å². The molecule has 3 aromatic rings. The highest BCUT2D eigenvalue weighted by Gasteiger charge is 2.21. The first-order valence-corrected chi connectivity index (χ1v) is 13.3. The van der Waals surface area contributed by atoms with Gasteiger partial charge in [0.15, 0.2) is 5.11 Å². The molecule has 0 unspecified atom stereocenters. The number of para-hydroxylation sites is 1. The highest BCUT2D eigenvalue weighted by atomic mass is 35.5. The Morgan fingerprint density at radius 3 is 2.41 bits per heavy atom. The van der Waals surface area contributed by atoms with Crippen molar-refractivity contribution in [1.29, 1.82) is 0 Å². The number of hydrogen-bond donors (Lipinski definition) is 3. The van der Waals surface area contributed by atoms with Crippen molar-refractivity contribution in [3.05, 3.63) is 72.0 Å². The van der Waals surface area contributed by atoms with E-state index in [9.17, 15) is 8.42 Å². The number of aromatic nitrogens is 1. The van der Waals surface area contributed by atoms with Crippen LogP contribution in [0, 0.1) is 0 Å². The van der Waals surface area contributed by atoms with Crippen LogP contribution in [0.1, 0.15) is 25.7 Å². The fraction of sp³-hybridized carbons (Fsp3) is 0.250. The van der Waals surface area contributed by atoms with Gasteiger partial charge in [-0.25, -0.2) is 8.42 Å². The first-order chi connectivity index (χ1) is 16.4. The molecule has 0 saturated carbocycles. The predicted molar refractivity (Wildman–Crippen MR) is 143 cm³/mol. The van der Waals surface area contributed by atoms with E-state index in [1.807, 2.05) is 12.1 Å². The van der Waals surface area contributed by atoms with E-state index in [0.29, 0.717) is 21.5 Å². The summed E-state index contributed by atoms with van der Waals surface area (Å²) in [6, 6.07) is 15.4. The molecule has 0 spiro atoms. The lowest BCUT2D eigenvalue weighted by atomic mass is 10.2. The summed E-state index contributed by atoms with van der Waals surface area (Å²) in [4.78, 5) is 6.47. The molecule has 0 aliphatic carbocycles. The van der Waals surface area contributed by atoms with Crippen LogP contribution in [-0.2, 0) is 10.0 Å². The number of sulfonamides is 1. The maximum absolute atomic E-state index is 13.2. The zero-order valence-electron chi connectivity index (χ0n) is 18.5. The van der Waals surface area contributed by atoms with Gasteiger partial charge in [0.1, 0.15) is 0 Å². The summed E-state index contributed by atoms with van der Waals surface area (Å²) in [5, 5.41) is 6.96. The van der Waals surface area contributed by atoms with E-state index < -0.39 is 10.0 Å². The van der Waals surface area contributed by atoms with Crippen molar-refractivity contribution in [3.63, 3.8) is 0 Å². The molecule has 1 saturated heterocycles. The van der Waals surface area contributed by atoms with Crippen molar-refractivity contribution in [1.82, 2.24) is 4.98 Å². The van der Waals surface area contributed by atoms with E-state index in [-0.39, 0.29) is 4.90 Å². The van der Waals surface area contributed by atoms with Crippen LogP contribution in [0.5, 0.6) is 0 Å². The van der Waals surface area contributed by atoms with E-state index in [2.05, 4.69) is 25.2 Å². The van der Waals surface area contributed by atoms with Crippen molar-refractivity contribution in [2.24, 2.45) is 0 Å². The largest absolute Gasteiger partial charge is 0.370 e. The quantitative estimate of drug-likeness (QED) is 0.362. The Hall–Kier alpha value is -2.88. The average Bonchev–Trinajstić information content (AvgIpc) is 3.10. The van der Waals surface area contributed by atoms with Crippen LogP contribution in [0.2, 0.25) is 5.02 Å². The van der Waals surface area contributed by atoms with E-state index >= 15 is 0 Å². The van der Waals surface area contributed by atoms with Gasteiger partial charge in [-0.15, -0.1) is 0 Å². The monoisotopic (exact) mass is 515 g/mol. The molecule has 0 amide bonds. The van der Waals surface area contributed by atoms with E-state index in [0.717, 1.165) is 37.3 Å². The van der Waals surface area contributed by atoms with Crippen LogP contribution in [0.3, 0.4) is 0 Å². The van der Waals surface area contributed by atoms with Gasteiger partial charge in [-0.3, -0.25) is 9.71 Å². The molecule has 1 aromatic heterocycles. The molecule has 178 valence electrons. The Balaban J connectivity index is 1.64. The number of rotatable bonds is 6. The predicted octanol–water partition coefficient (Wildman–Crippen LogP) is 5.73. The molecule has 4 rings (SSSR count). The Kier molecular flexibility index (Phi) is 7.87. The molecule has 0 atom stereocenters. The molecular formula is C24H26ClN5O2S2. The summed E-state index contributed by atoms with van der Waals surface area (Å²) in [7, 11) is -3.87. The fourth-order valence-electron chi connectivity index (χ4n) is 3.84. The molecule has 1 aliphatic heterocycles. The number of benzene rings is 2. The van der Waals surface area contributed by atoms with Gasteiger partial charge in [-0.2, -0.15) is 0 Å². The Bertz CT molecular complexity index is 1250. The van der Waals surface area contributed by atoms with Gasteiger partial charge in [0.2, 0.25) is 0 Å². The second-order valence-electron chi connectivity index (χ2n) is 7.99. The van der Waals surface area contributed by atoms with E-state index in [1.54, 1.807) is 54.9 Å². The van der Waals surface area contributed by atoms with E-state index in [1.165, 1.54) is 12.8 Å². The molecule has 0 bridgehead atoms. The lowest BCUT2D eigenvalue weighted by molar-refractivity contribution is 0.601. The molecule has 1 fully saturated rings. The molecule has 2 aromatic carbocycles. The van der Waals surface area contributed by atoms with Crippen molar-refractivity contribution in [2.45, 2.75) is 30.6 Å². The third kappa shape index (κ3) is 6.16. The number of nitrogens with zero attached hydrogens (tertiary/aromatic N) is 2. The van der Waals surface area contributed by atoms with Gasteiger partial charge in [0.25, 0.3) is 10.0 Å². The number of hydrogen-bond acceptors (Lipinski definition) is 5. The zero-order chi connectivity index (χ0) is 24.0. The molecule has 7 nitrogen and oxygen atoms in total. The number of anilines is 4. The minimum Gasteiger partial charge on any atom is -0.370 e. The van der Waals surface area contributed by atoms with Gasteiger partial charge in [-0.05, 0) is 67.5 Å². The number of halogens is 1. The summed E-state index contributed by atoms with van der Waals surface area (Å²) >= 11 is 11.7.